The molecule has 0 aromatic heterocycles. The zero-order chi connectivity index (χ0) is 25.9. The lowest BCUT2D eigenvalue weighted by Gasteiger charge is -2.32. The molecule has 0 saturated heterocycles. The van der Waals surface area contributed by atoms with Crippen LogP contribution in [0.3, 0.4) is 0 Å². The molecule has 36 heavy (non-hydrogen) atoms. The van der Waals surface area contributed by atoms with Crippen LogP contribution in [0.1, 0.15) is 42.5 Å². The van der Waals surface area contributed by atoms with E-state index in [-0.39, 0.29) is 17.9 Å². The highest BCUT2D eigenvalue weighted by molar-refractivity contribution is 9.10. The number of rotatable bonds is 12. The Hall–Kier alpha value is -2.57. The summed E-state index contributed by atoms with van der Waals surface area (Å²) in [6.07, 6.45) is 1.30. The molecule has 3 aromatic carbocycles. The molecule has 0 radical (unpaired) electrons. The molecule has 6 heteroatoms. The average molecular weight is 568 g/mol. The number of halogens is 1. The molecule has 4 nitrogen and oxygen atoms in total. The fraction of sp³-hybridized carbons (Fsp3) is 0.333. The molecule has 0 bridgehead atoms. The minimum Gasteiger partial charge on any atom is -0.352 e. The van der Waals surface area contributed by atoms with E-state index in [2.05, 4.69) is 46.4 Å². The molecule has 0 aliphatic carbocycles. The van der Waals surface area contributed by atoms with Crippen LogP contribution in [0.15, 0.2) is 83.3 Å². The van der Waals surface area contributed by atoms with Crippen molar-refractivity contribution in [2.45, 2.75) is 58.0 Å². The molecule has 0 heterocycles. The molecule has 0 aliphatic heterocycles. The summed E-state index contributed by atoms with van der Waals surface area (Å²) < 4.78 is 0.980. The molecular formula is C30H35BrN2O2S. The van der Waals surface area contributed by atoms with E-state index < -0.39 is 6.04 Å². The number of hydrogen-bond acceptors (Lipinski definition) is 3. The minimum absolute atomic E-state index is 0.0317. The fourth-order valence-electron chi connectivity index (χ4n) is 3.92. The van der Waals surface area contributed by atoms with E-state index >= 15 is 0 Å². The molecule has 0 fully saturated rings. The van der Waals surface area contributed by atoms with Gasteiger partial charge in [0.25, 0.3) is 0 Å². The number of thioether (sulfide) groups is 1. The van der Waals surface area contributed by atoms with Gasteiger partial charge in [0.2, 0.25) is 11.8 Å². The molecule has 2 atom stereocenters. The Bertz CT molecular complexity index is 1120. The van der Waals surface area contributed by atoms with E-state index in [1.54, 1.807) is 16.7 Å². The summed E-state index contributed by atoms with van der Waals surface area (Å²) in [6.45, 7) is 6.49. The van der Waals surface area contributed by atoms with Gasteiger partial charge in [-0.25, -0.2) is 0 Å². The lowest BCUT2D eigenvalue weighted by molar-refractivity contribution is -0.139. The van der Waals surface area contributed by atoms with Gasteiger partial charge in [0, 0.05) is 29.2 Å². The van der Waals surface area contributed by atoms with Gasteiger partial charge in [0.05, 0.1) is 5.75 Å². The molecule has 0 unspecified atom stereocenters. The maximum atomic E-state index is 13.7. The third-order valence-corrected chi connectivity index (χ3v) is 7.63. The van der Waals surface area contributed by atoms with Crippen LogP contribution in [0.25, 0.3) is 0 Å². The second-order valence-electron chi connectivity index (χ2n) is 9.15. The van der Waals surface area contributed by atoms with Gasteiger partial charge in [-0.1, -0.05) is 95.1 Å². The topological polar surface area (TPSA) is 49.4 Å². The van der Waals surface area contributed by atoms with Gasteiger partial charge in [-0.2, -0.15) is 0 Å². The predicted octanol–water partition coefficient (Wildman–Crippen LogP) is 6.55. The standard InChI is InChI=1S/C30H35BrN2O2S/c1-4-23(3)32-30(35)28(18-24-10-6-5-7-11-24)33(19-25-13-15-27(31)16-14-25)29(34)21-36-20-26-12-8-9-22(2)17-26/h5-17,23,28H,4,18-21H2,1-3H3,(H,32,35)/t23-,28+/m0/s1. The first-order valence-electron chi connectivity index (χ1n) is 12.4. The lowest BCUT2D eigenvalue weighted by atomic mass is 10.0. The number of nitrogens with zero attached hydrogens (tertiary/aromatic N) is 1. The second kappa shape index (κ2) is 14.2. The van der Waals surface area contributed by atoms with Crippen LogP contribution in [-0.4, -0.2) is 34.6 Å². The first-order chi connectivity index (χ1) is 17.4. The Morgan fingerprint density at radius 1 is 0.944 bits per heavy atom. The van der Waals surface area contributed by atoms with E-state index in [4.69, 9.17) is 0 Å². The van der Waals surface area contributed by atoms with Crippen LogP contribution in [0.2, 0.25) is 0 Å². The van der Waals surface area contributed by atoms with Crippen molar-refractivity contribution in [1.29, 1.82) is 0 Å². The summed E-state index contributed by atoms with van der Waals surface area (Å²) in [6, 6.07) is 25.6. The first kappa shape index (κ1) is 28.0. The van der Waals surface area contributed by atoms with Crippen molar-refractivity contribution >= 4 is 39.5 Å². The third kappa shape index (κ3) is 8.82. The van der Waals surface area contributed by atoms with Crippen molar-refractivity contribution in [2.75, 3.05) is 5.75 Å². The van der Waals surface area contributed by atoms with E-state index in [1.807, 2.05) is 74.5 Å². The largest absolute Gasteiger partial charge is 0.352 e. The van der Waals surface area contributed by atoms with E-state index in [1.165, 1.54) is 11.1 Å². The average Bonchev–Trinajstić information content (AvgIpc) is 2.87. The molecule has 190 valence electrons. The zero-order valence-corrected chi connectivity index (χ0v) is 23.6. The third-order valence-electron chi connectivity index (χ3n) is 6.12. The normalized spacial score (nSPS) is 12.6. The fourth-order valence-corrected chi connectivity index (χ4v) is 5.04. The van der Waals surface area contributed by atoms with Gasteiger partial charge in [-0.05, 0) is 49.1 Å². The van der Waals surface area contributed by atoms with Gasteiger partial charge in [-0.3, -0.25) is 9.59 Å². The Morgan fingerprint density at radius 3 is 2.31 bits per heavy atom. The summed E-state index contributed by atoms with van der Waals surface area (Å²) in [5.41, 5.74) is 4.43. The SMILES string of the molecule is CC[C@H](C)NC(=O)[C@@H](Cc1ccccc1)N(Cc1ccc(Br)cc1)C(=O)CSCc1cccc(C)c1. The van der Waals surface area contributed by atoms with Gasteiger partial charge < -0.3 is 10.2 Å². The molecule has 2 amide bonds. The summed E-state index contributed by atoms with van der Waals surface area (Å²) >= 11 is 5.07. The van der Waals surface area contributed by atoms with Crippen LogP contribution in [-0.2, 0) is 28.3 Å². The van der Waals surface area contributed by atoms with Gasteiger partial charge in [-0.15, -0.1) is 11.8 Å². The summed E-state index contributed by atoms with van der Waals surface area (Å²) in [5.74, 6) is 0.923. The maximum Gasteiger partial charge on any atom is 0.243 e. The highest BCUT2D eigenvalue weighted by atomic mass is 79.9. The predicted molar refractivity (Wildman–Crippen MR) is 154 cm³/mol. The maximum absolute atomic E-state index is 13.7. The van der Waals surface area contributed by atoms with Crippen LogP contribution < -0.4 is 5.32 Å². The number of amides is 2. The number of hydrogen-bond donors (Lipinski definition) is 1. The highest BCUT2D eigenvalue weighted by Crippen LogP contribution is 2.20. The number of nitrogens with one attached hydrogen (secondary N) is 1. The molecule has 3 rings (SSSR count). The Labute approximate surface area is 228 Å². The van der Waals surface area contributed by atoms with Crippen molar-refractivity contribution in [1.82, 2.24) is 10.2 Å². The monoisotopic (exact) mass is 566 g/mol. The Kier molecular flexibility index (Phi) is 11.1. The molecule has 0 spiro atoms. The number of carbonyl (C=O) groups is 2. The molecule has 0 saturated carbocycles. The number of benzene rings is 3. The molecular weight excluding hydrogens is 532 g/mol. The molecule has 3 aromatic rings. The van der Waals surface area contributed by atoms with Gasteiger partial charge in [0.1, 0.15) is 6.04 Å². The summed E-state index contributed by atoms with van der Waals surface area (Å²) in [5, 5.41) is 3.12. The van der Waals surface area contributed by atoms with Crippen LogP contribution in [0.5, 0.6) is 0 Å². The Balaban J connectivity index is 1.85. The van der Waals surface area contributed by atoms with Crippen molar-refractivity contribution in [3.63, 3.8) is 0 Å². The van der Waals surface area contributed by atoms with Crippen molar-refractivity contribution in [3.05, 3.63) is 106 Å². The summed E-state index contributed by atoms with van der Waals surface area (Å²) in [4.78, 5) is 29.0. The Morgan fingerprint density at radius 2 is 1.64 bits per heavy atom. The lowest BCUT2D eigenvalue weighted by Crippen LogP contribution is -2.52. The quantitative estimate of drug-likeness (QED) is 0.270. The number of aryl methyl sites for hydroxylation is 1. The van der Waals surface area contributed by atoms with Crippen molar-refractivity contribution < 1.29 is 9.59 Å². The van der Waals surface area contributed by atoms with E-state index in [0.717, 1.165) is 27.8 Å². The minimum atomic E-state index is -0.600. The second-order valence-corrected chi connectivity index (χ2v) is 11.1. The van der Waals surface area contributed by atoms with E-state index in [9.17, 15) is 9.59 Å². The van der Waals surface area contributed by atoms with Crippen LogP contribution in [0, 0.1) is 6.92 Å². The van der Waals surface area contributed by atoms with Crippen LogP contribution in [0.4, 0.5) is 0 Å². The van der Waals surface area contributed by atoms with E-state index in [0.29, 0.717) is 18.7 Å². The highest BCUT2D eigenvalue weighted by Gasteiger charge is 2.30. The van der Waals surface area contributed by atoms with Crippen LogP contribution >= 0.6 is 27.7 Å². The zero-order valence-electron chi connectivity index (χ0n) is 21.2. The van der Waals surface area contributed by atoms with Gasteiger partial charge >= 0.3 is 0 Å². The first-order valence-corrected chi connectivity index (χ1v) is 14.3. The van der Waals surface area contributed by atoms with Gasteiger partial charge in [0.15, 0.2) is 0 Å². The summed E-state index contributed by atoms with van der Waals surface area (Å²) in [7, 11) is 0. The molecule has 1 N–H and O–H groups in total. The smallest absolute Gasteiger partial charge is 0.243 e. The van der Waals surface area contributed by atoms with Crippen molar-refractivity contribution in [3.8, 4) is 0 Å². The molecule has 0 aliphatic rings. The number of carbonyl (C=O) groups excluding carboxylic acids is 2. The van der Waals surface area contributed by atoms with Crippen molar-refractivity contribution in [2.24, 2.45) is 0 Å².